The van der Waals surface area contributed by atoms with E-state index in [1.807, 2.05) is 18.2 Å². The van der Waals surface area contributed by atoms with Gasteiger partial charge in [0.05, 0.1) is 12.5 Å². The van der Waals surface area contributed by atoms with Gasteiger partial charge in [-0.3, -0.25) is 9.59 Å². The fraction of sp³-hybridized carbons (Fsp3) is 0.391. The molecule has 188 valence electrons. The molecule has 35 heavy (non-hydrogen) atoms. The number of sulfonamides is 1. The summed E-state index contributed by atoms with van der Waals surface area (Å²) in [5.74, 6) is -1.63. The molecule has 2 aliphatic heterocycles. The second-order valence-electron chi connectivity index (χ2n) is 8.82. The quantitative estimate of drug-likeness (QED) is 0.428. The number of rotatable bonds is 6. The number of carbonyl (C=O) groups excluding carboxylic acids is 2. The van der Waals surface area contributed by atoms with E-state index < -0.39 is 27.7 Å². The molecule has 0 aliphatic carbocycles. The summed E-state index contributed by atoms with van der Waals surface area (Å²) in [7, 11) is -3.96. The maximum absolute atomic E-state index is 13.1. The highest BCUT2D eigenvalue weighted by atomic mass is 32.2. The molecule has 0 spiro atoms. The van der Waals surface area contributed by atoms with Crippen molar-refractivity contribution in [3.05, 3.63) is 47.5 Å². The van der Waals surface area contributed by atoms with E-state index >= 15 is 0 Å². The molecule has 2 amide bonds. The molecule has 0 unspecified atom stereocenters. The minimum atomic E-state index is -3.96. The molecule has 0 radical (unpaired) electrons. The number of anilines is 1. The smallest absolute Gasteiger partial charge is 0.247 e. The first-order valence-electron chi connectivity index (χ1n) is 11.3. The van der Waals surface area contributed by atoms with Crippen LogP contribution in [0.25, 0.3) is 0 Å². The summed E-state index contributed by atoms with van der Waals surface area (Å²) >= 11 is 0. The minimum Gasteiger partial charge on any atom is -0.508 e. The number of hydrogen-bond donors (Lipinski definition) is 4. The van der Waals surface area contributed by atoms with Gasteiger partial charge in [-0.2, -0.15) is 4.31 Å². The molecule has 2 aliphatic rings. The maximum atomic E-state index is 13.1. The predicted octanol–water partition coefficient (Wildman–Crippen LogP) is 0.0437. The Morgan fingerprint density at radius 3 is 2.43 bits per heavy atom. The molecule has 1 atom stereocenters. The van der Waals surface area contributed by atoms with Crippen LogP contribution in [-0.4, -0.2) is 71.9 Å². The monoisotopic (exact) mass is 503 g/mol. The number of nitrogens with two attached hydrogens (primary N) is 2. The molecule has 4 rings (SSSR count). The summed E-state index contributed by atoms with van der Waals surface area (Å²) < 4.78 is 27.5. The van der Waals surface area contributed by atoms with Crippen molar-refractivity contribution >= 4 is 27.5 Å². The predicted molar refractivity (Wildman–Crippen MR) is 128 cm³/mol. The third-order valence-electron chi connectivity index (χ3n) is 6.35. The van der Waals surface area contributed by atoms with E-state index in [0.717, 1.165) is 22.9 Å². The van der Waals surface area contributed by atoms with Crippen LogP contribution in [0.5, 0.6) is 11.5 Å². The van der Waals surface area contributed by atoms with Crippen molar-refractivity contribution in [1.82, 2.24) is 9.21 Å². The lowest BCUT2D eigenvalue weighted by Crippen LogP contribution is -2.46. The summed E-state index contributed by atoms with van der Waals surface area (Å²) in [5.41, 5.74) is 13.6. The van der Waals surface area contributed by atoms with Crippen molar-refractivity contribution in [1.29, 1.82) is 0 Å². The SMILES string of the molecule is NC(=O)C[C@H](N)C(=O)N1CCCN(c2ccc3c(c2)CN(S(=O)(=O)c2ccc(O)cc2O)C3)CC1. The molecule has 2 aromatic carbocycles. The second-order valence-corrected chi connectivity index (χ2v) is 10.7. The first-order valence-corrected chi connectivity index (χ1v) is 12.7. The van der Waals surface area contributed by atoms with Crippen LogP contribution in [0.3, 0.4) is 0 Å². The Balaban J connectivity index is 1.45. The van der Waals surface area contributed by atoms with Crippen molar-refractivity contribution in [3.63, 3.8) is 0 Å². The van der Waals surface area contributed by atoms with Crippen LogP contribution in [0.2, 0.25) is 0 Å². The largest absolute Gasteiger partial charge is 0.508 e. The number of hydrogen-bond acceptors (Lipinski definition) is 8. The molecule has 0 saturated carbocycles. The Hall–Kier alpha value is -3.35. The summed E-state index contributed by atoms with van der Waals surface area (Å²) in [6, 6.07) is 8.26. The lowest BCUT2D eigenvalue weighted by atomic mass is 10.1. The van der Waals surface area contributed by atoms with Gasteiger partial charge in [0.1, 0.15) is 16.4 Å². The molecule has 2 aromatic rings. The molecule has 2 heterocycles. The zero-order valence-corrected chi connectivity index (χ0v) is 19.9. The Labute approximate surface area is 203 Å². The molecular formula is C23H29N5O6S. The van der Waals surface area contributed by atoms with Crippen molar-refractivity contribution < 1.29 is 28.2 Å². The molecule has 0 aromatic heterocycles. The number of carbonyl (C=O) groups is 2. The number of phenols is 2. The standard InChI is InChI=1S/C23H29N5O6S/c24-19(12-22(25)31)23(32)27-7-1-6-26(8-9-27)17-3-2-15-13-28(14-16(15)10-17)35(33,34)21-5-4-18(29)11-20(21)30/h2-5,10-11,19,29-30H,1,6-9,12-14,24H2,(H2,25,31)/t19-/m0/s1. The molecule has 1 fully saturated rings. The van der Waals surface area contributed by atoms with Crippen molar-refractivity contribution in [3.8, 4) is 11.5 Å². The lowest BCUT2D eigenvalue weighted by molar-refractivity contribution is -0.134. The topological polar surface area (TPSA) is 170 Å². The van der Waals surface area contributed by atoms with Gasteiger partial charge in [0, 0.05) is 51.0 Å². The third-order valence-corrected chi connectivity index (χ3v) is 8.19. The third kappa shape index (κ3) is 5.19. The van der Waals surface area contributed by atoms with Crippen LogP contribution in [0.4, 0.5) is 5.69 Å². The van der Waals surface area contributed by atoms with E-state index in [1.165, 1.54) is 16.4 Å². The number of fused-ring (bicyclic) bond motifs is 1. The van der Waals surface area contributed by atoms with E-state index in [0.29, 0.717) is 32.6 Å². The second kappa shape index (κ2) is 9.72. The minimum absolute atomic E-state index is 0.159. The van der Waals surface area contributed by atoms with Gasteiger partial charge in [0.25, 0.3) is 0 Å². The Kier molecular flexibility index (Phi) is 6.88. The lowest BCUT2D eigenvalue weighted by Gasteiger charge is -2.25. The number of primary amides is 1. The first-order chi connectivity index (χ1) is 16.6. The van der Waals surface area contributed by atoms with Crippen LogP contribution < -0.4 is 16.4 Å². The van der Waals surface area contributed by atoms with Crippen LogP contribution in [-0.2, 0) is 32.7 Å². The molecular weight excluding hydrogens is 474 g/mol. The van der Waals surface area contributed by atoms with E-state index in [4.69, 9.17) is 11.5 Å². The van der Waals surface area contributed by atoms with Gasteiger partial charge in [-0.1, -0.05) is 6.07 Å². The highest BCUT2D eigenvalue weighted by Gasteiger charge is 2.33. The van der Waals surface area contributed by atoms with E-state index in [9.17, 15) is 28.2 Å². The molecule has 0 bridgehead atoms. The highest BCUT2D eigenvalue weighted by molar-refractivity contribution is 7.89. The van der Waals surface area contributed by atoms with E-state index in [1.54, 1.807) is 4.90 Å². The zero-order chi connectivity index (χ0) is 25.3. The summed E-state index contributed by atoms with van der Waals surface area (Å²) in [6.45, 7) is 2.58. The van der Waals surface area contributed by atoms with E-state index in [2.05, 4.69) is 4.90 Å². The molecule has 1 saturated heterocycles. The first kappa shape index (κ1) is 24.8. The Morgan fingerprint density at radius 1 is 0.971 bits per heavy atom. The Morgan fingerprint density at radius 2 is 1.71 bits per heavy atom. The van der Waals surface area contributed by atoms with Gasteiger partial charge >= 0.3 is 0 Å². The molecule has 12 heteroatoms. The van der Waals surface area contributed by atoms with Gasteiger partial charge in [-0.25, -0.2) is 8.42 Å². The maximum Gasteiger partial charge on any atom is 0.247 e. The van der Waals surface area contributed by atoms with Crippen molar-refractivity contribution in [2.75, 3.05) is 31.1 Å². The van der Waals surface area contributed by atoms with Gasteiger partial charge in [0.15, 0.2) is 0 Å². The van der Waals surface area contributed by atoms with Crippen LogP contribution in [0.15, 0.2) is 41.3 Å². The number of nitrogens with zero attached hydrogens (tertiary/aromatic N) is 3. The van der Waals surface area contributed by atoms with Crippen molar-refractivity contribution in [2.45, 2.75) is 36.9 Å². The van der Waals surface area contributed by atoms with E-state index in [-0.39, 0.29) is 36.1 Å². The average Bonchev–Trinajstić information content (AvgIpc) is 3.08. The normalized spacial score (nSPS) is 17.6. The molecule has 6 N–H and O–H groups in total. The van der Waals surface area contributed by atoms with Gasteiger partial charge in [-0.05, 0) is 41.8 Å². The van der Waals surface area contributed by atoms with Crippen LogP contribution in [0, 0.1) is 0 Å². The Bertz CT molecular complexity index is 1250. The zero-order valence-electron chi connectivity index (χ0n) is 19.1. The van der Waals surface area contributed by atoms with Gasteiger partial charge < -0.3 is 31.5 Å². The highest BCUT2D eigenvalue weighted by Crippen LogP contribution is 2.35. The molecule has 11 nitrogen and oxygen atoms in total. The number of phenolic OH excluding ortho intramolecular Hbond substituents is 2. The van der Waals surface area contributed by atoms with Crippen LogP contribution >= 0.6 is 0 Å². The summed E-state index contributed by atoms with van der Waals surface area (Å²) in [5, 5.41) is 19.5. The summed E-state index contributed by atoms with van der Waals surface area (Å²) in [6.07, 6.45) is 0.526. The van der Waals surface area contributed by atoms with Crippen LogP contribution in [0.1, 0.15) is 24.0 Å². The van der Waals surface area contributed by atoms with Gasteiger partial charge in [0.2, 0.25) is 21.8 Å². The van der Waals surface area contributed by atoms with Crippen molar-refractivity contribution in [2.24, 2.45) is 11.5 Å². The fourth-order valence-electron chi connectivity index (χ4n) is 4.51. The van der Waals surface area contributed by atoms with Gasteiger partial charge in [-0.15, -0.1) is 0 Å². The average molecular weight is 504 g/mol. The number of benzene rings is 2. The fourth-order valence-corrected chi connectivity index (χ4v) is 5.97. The summed E-state index contributed by atoms with van der Waals surface area (Å²) in [4.78, 5) is 27.2. The number of aromatic hydroxyl groups is 2. The number of amides is 2.